The van der Waals surface area contributed by atoms with Gasteiger partial charge in [0.2, 0.25) is 0 Å². The van der Waals surface area contributed by atoms with Crippen molar-refractivity contribution in [1.82, 2.24) is 0 Å². The van der Waals surface area contributed by atoms with E-state index in [1.165, 1.54) is 0 Å². The Balaban J connectivity index is 0. The molecule has 0 rings (SSSR count). The monoisotopic (exact) mass is 189 g/mol. The van der Waals surface area contributed by atoms with Gasteiger partial charge >= 0.3 is 7.60 Å². The SMILES string of the molecule is CCOP(=O)(O)CC.NCl. The molecule has 1 unspecified atom stereocenters. The molecule has 0 heterocycles. The van der Waals surface area contributed by atoms with E-state index < -0.39 is 7.60 Å². The van der Waals surface area contributed by atoms with Crippen LogP contribution < -0.4 is 5.25 Å². The zero-order valence-corrected chi connectivity index (χ0v) is 7.73. The van der Waals surface area contributed by atoms with Gasteiger partial charge in [0.15, 0.2) is 0 Å². The molecule has 0 aromatic rings. The molecular weight excluding hydrogens is 176 g/mol. The molecule has 3 N–H and O–H groups in total. The first-order valence-corrected chi connectivity index (χ1v) is 5.00. The van der Waals surface area contributed by atoms with Gasteiger partial charge in [-0.15, -0.1) is 0 Å². The molecule has 0 saturated carbocycles. The highest BCUT2D eigenvalue weighted by Gasteiger charge is 2.12. The van der Waals surface area contributed by atoms with E-state index in [1.54, 1.807) is 13.8 Å². The summed E-state index contributed by atoms with van der Waals surface area (Å²) in [5.74, 6) is 0. The summed E-state index contributed by atoms with van der Waals surface area (Å²) in [6, 6.07) is 0. The average molecular weight is 190 g/mol. The Morgan fingerprint density at radius 2 is 2.00 bits per heavy atom. The van der Waals surface area contributed by atoms with Gasteiger partial charge in [-0.05, 0) is 18.7 Å². The van der Waals surface area contributed by atoms with Crippen molar-refractivity contribution >= 4 is 19.4 Å². The Bertz CT molecular complexity index is 111. The van der Waals surface area contributed by atoms with E-state index >= 15 is 0 Å². The lowest BCUT2D eigenvalue weighted by Gasteiger charge is -2.05. The number of halogens is 1. The minimum atomic E-state index is -3.17. The quantitative estimate of drug-likeness (QED) is 0.519. The van der Waals surface area contributed by atoms with Crippen molar-refractivity contribution in [2.45, 2.75) is 13.8 Å². The molecule has 0 saturated heterocycles. The van der Waals surface area contributed by atoms with E-state index in [9.17, 15) is 4.57 Å². The van der Waals surface area contributed by atoms with Gasteiger partial charge in [-0.2, -0.15) is 0 Å². The Labute approximate surface area is 66.0 Å². The molecule has 1 atom stereocenters. The van der Waals surface area contributed by atoms with Crippen LogP contribution in [0.25, 0.3) is 0 Å². The third-order valence-corrected chi connectivity index (χ3v) is 2.19. The van der Waals surface area contributed by atoms with Crippen LogP contribution in [-0.2, 0) is 9.09 Å². The summed E-state index contributed by atoms with van der Waals surface area (Å²) >= 11 is 4.14. The van der Waals surface area contributed by atoms with Crippen LogP contribution in [-0.4, -0.2) is 17.7 Å². The van der Waals surface area contributed by atoms with Gasteiger partial charge in [-0.3, -0.25) is 4.57 Å². The molecular formula is C4H13ClNO3P. The molecule has 0 amide bonds. The highest BCUT2D eigenvalue weighted by molar-refractivity contribution is 7.52. The zero-order chi connectivity index (χ0) is 8.62. The highest BCUT2D eigenvalue weighted by atomic mass is 35.5. The molecule has 0 radical (unpaired) electrons. The third-order valence-electron chi connectivity index (χ3n) is 0.730. The molecule has 0 aliphatic heterocycles. The third kappa shape index (κ3) is 8.40. The second kappa shape index (κ2) is 7.51. The minimum absolute atomic E-state index is 0.195. The summed E-state index contributed by atoms with van der Waals surface area (Å²) in [7, 11) is -3.17. The van der Waals surface area contributed by atoms with Crippen molar-refractivity contribution in [2.75, 3.05) is 12.8 Å². The maximum Gasteiger partial charge on any atom is 0.327 e. The lowest BCUT2D eigenvalue weighted by Crippen LogP contribution is -1.89. The number of hydrogen-bond donors (Lipinski definition) is 2. The first-order chi connectivity index (χ1) is 4.62. The number of nitrogens with two attached hydrogens (primary N) is 1. The molecule has 0 bridgehead atoms. The Morgan fingerprint density at radius 3 is 2.10 bits per heavy atom. The second-order valence-corrected chi connectivity index (χ2v) is 3.54. The fourth-order valence-electron chi connectivity index (χ4n) is 0.293. The first-order valence-electron chi connectivity index (χ1n) is 2.80. The molecule has 4 nitrogen and oxygen atoms in total. The van der Waals surface area contributed by atoms with Crippen molar-refractivity contribution in [3.63, 3.8) is 0 Å². The smallest absolute Gasteiger partial charge is 0.324 e. The fraction of sp³-hybridized carbons (Fsp3) is 1.00. The molecule has 10 heavy (non-hydrogen) atoms. The van der Waals surface area contributed by atoms with Crippen LogP contribution in [0.2, 0.25) is 0 Å². The minimum Gasteiger partial charge on any atom is -0.324 e. The fourth-order valence-corrected chi connectivity index (χ4v) is 0.879. The van der Waals surface area contributed by atoms with Crippen LogP contribution in [0, 0.1) is 0 Å². The number of hydrogen-bond acceptors (Lipinski definition) is 3. The summed E-state index contributed by atoms with van der Waals surface area (Å²) in [6.07, 6.45) is 0.195. The second-order valence-electron chi connectivity index (χ2n) is 1.37. The van der Waals surface area contributed by atoms with Gasteiger partial charge in [-0.1, -0.05) is 6.92 Å². The van der Waals surface area contributed by atoms with Gasteiger partial charge in [0.25, 0.3) is 0 Å². The molecule has 0 aliphatic rings. The van der Waals surface area contributed by atoms with Gasteiger partial charge in [0.05, 0.1) is 6.61 Å². The normalized spacial score (nSPS) is 14.9. The van der Waals surface area contributed by atoms with E-state index in [2.05, 4.69) is 21.6 Å². The van der Waals surface area contributed by atoms with E-state index in [0.29, 0.717) is 6.61 Å². The number of rotatable bonds is 3. The maximum atomic E-state index is 10.5. The zero-order valence-electron chi connectivity index (χ0n) is 6.08. The molecule has 0 fully saturated rings. The van der Waals surface area contributed by atoms with Crippen LogP contribution in [0.4, 0.5) is 0 Å². The van der Waals surface area contributed by atoms with Crippen molar-refractivity contribution in [3.8, 4) is 0 Å². The summed E-state index contributed by atoms with van der Waals surface area (Å²) in [5.41, 5.74) is 0. The van der Waals surface area contributed by atoms with Gasteiger partial charge in [-0.25, -0.2) is 5.25 Å². The molecule has 0 aliphatic carbocycles. The van der Waals surface area contributed by atoms with Crippen LogP contribution in [0.1, 0.15) is 13.8 Å². The van der Waals surface area contributed by atoms with Crippen molar-refractivity contribution in [3.05, 3.63) is 0 Å². The van der Waals surface area contributed by atoms with Crippen LogP contribution in [0.15, 0.2) is 0 Å². The lowest BCUT2D eigenvalue weighted by atomic mass is 10.9. The molecule has 64 valence electrons. The summed E-state index contributed by atoms with van der Waals surface area (Å²) < 4.78 is 15.0. The van der Waals surface area contributed by atoms with Crippen molar-refractivity contribution in [2.24, 2.45) is 5.25 Å². The Kier molecular flexibility index (Phi) is 9.78. The molecule has 0 spiro atoms. The summed E-state index contributed by atoms with van der Waals surface area (Å²) in [6.45, 7) is 3.62. The predicted octanol–water partition coefficient (Wildman–Crippen LogP) is 1.33. The van der Waals surface area contributed by atoms with E-state index in [4.69, 9.17) is 4.89 Å². The molecule has 0 aromatic carbocycles. The van der Waals surface area contributed by atoms with E-state index in [0.717, 1.165) is 0 Å². The summed E-state index contributed by atoms with van der Waals surface area (Å²) in [4.78, 5) is 8.66. The standard InChI is InChI=1S/C4H11O3P.ClH2N/c1-3-7-8(5,6)4-2;1-2/h3-4H2,1-2H3,(H,5,6);2H2. The van der Waals surface area contributed by atoms with Gasteiger partial charge in [0, 0.05) is 6.16 Å². The first kappa shape index (κ1) is 13.0. The molecule has 6 heteroatoms. The van der Waals surface area contributed by atoms with Gasteiger partial charge in [0.1, 0.15) is 0 Å². The Morgan fingerprint density at radius 1 is 1.60 bits per heavy atom. The van der Waals surface area contributed by atoms with E-state index in [-0.39, 0.29) is 6.16 Å². The maximum absolute atomic E-state index is 10.5. The van der Waals surface area contributed by atoms with Gasteiger partial charge < -0.3 is 9.42 Å². The Hall–Kier alpha value is 0.400. The van der Waals surface area contributed by atoms with E-state index in [1.807, 2.05) is 0 Å². The topological polar surface area (TPSA) is 72.5 Å². The van der Waals surface area contributed by atoms with Crippen molar-refractivity contribution < 1.29 is 14.0 Å². The van der Waals surface area contributed by atoms with Crippen LogP contribution in [0.3, 0.4) is 0 Å². The van der Waals surface area contributed by atoms with Crippen LogP contribution >= 0.6 is 19.4 Å². The van der Waals surface area contributed by atoms with Crippen LogP contribution in [0.5, 0.6) is 0 Å². The highest BCUT2D eigenvalue weighted by Crippen LogP contribution is 2.40. The largest absolute Gasteiger partial charge is 0.327 e. The summed E-state index contributed by atoms with van der Waals surface area (Å²) in [5, 5.41) is 3.97. The average Bonchev–Trinajstić information content (AvgIpc) is 1.93. The molecule has 0 aromatic heterocycles. The van der Waals surface area contributed by atoms with Crippen molar-refractivity contribution in [1.29, 1.82) is 0 Å². The predicted molar refractivity (Wildman–Crippen MR) is 42.0 cm³/mol. The lowest BCUT2D eigenvalue weighted by molar-refractivity contribution is 0.275.